The molecule has 0 aliphatic heterocycles. The van der Waals surface area contributed by atoms with Crippen LogP contribution in [0.15, 0.2) is 84.9 Å². The maximum Gasteiger partial charge on any atom is -0.00199 e. The highest BCUT2D eigenvalue weighted by Crippen LogP contribution is 2.47. The molecule has 0 unspecified atom stereocenters. The van der Waals surface area contributed by atoms with Gasteiger partial charge >= 0.3 is 0 Å². The Bertz CT molecular complexity index is 1980. The van der Waals surface area contributed by atoms with E-state index in [4.69, 9.17) is 0 Å². The first-order valence-corrected chi connectivity index (χ1v) is 13.3. The average molecular weight is 461 g/mol. The predicted octanol–water partition coefficient (Wildman–Crippen LogP) is 10.9. The van der Waals surface area contributed by atoms with E-state index in [1.165, 1.54) is 86.5 Å². The highest BCUT2D eigenvalue weighted by molar-refractivity contribution is 6.40. The van der Waals surface area contributed by atoms with E-state index in [-0.39, 0.29) is 0 Å². The van der Waals surface area contributed by atoms with Crippen LogP contribution in [0.4, 0.5) is 0 Å². The Kier molecular flexibility index (Phi) is 3.87. The van der Waals surface area contributed by atoms with Crippen LogP contribution in [0.3, 0.4) is 0 Å². The van der Waals surface area contributed by atoms with Crippen molar-refractivity contribution < 1.29 is 0 Å². The van der Waals surface area contributed by atoms with Crippen molar-refractivity contribution in [3.63, 3.8) is 0 Å². The molecule has 0 saturated carbocycles. The second-order valence-electron chi connectivity index (χ2n) is 11.3. The molecular weight excluding hydrogens is 432 g/mol. The molecule has 0 radical (unpaired) electrons. The van der Waals surface area contributed by atoms with Crippen molar-refractivity contribution in [2.24, 2.45) is 0 Å². The molecule has 0 aliphatic rings. The molecule has 172 valence electrons. The molecule has 0 aliphatic carbocycles. The number of hydrogen-bond acceptors (Lipinski definition) is 0. The molecule has 0 heterocycles. The molecular formula is C36H28. The summed E-state index contributed by atoms with van der Waals surface area (Å²) in [6, 6.07) is 32.9. The molecule has 0 fully saturated rings. The normalized spacial score (nSPS) is 12.9. The molecule has 0 N–H and O–H groups in total. The summed E-state index contributed by atoms with van der Waals surface area (Å²) in [7, 11) is 0. The molecule has 8 rings (SSSR count). The van der Waals surface area contributed by atoms with Crippen LogP contribution in [0.25, 0.3) is 75.4 Å². The van der Waals surface area contributed by atoms with Crippen molar-refractivity contribution in [1.29, 1.82) is 0 Å². The van der Waals surface area contributed by atoms with Gasteiger partial charge in [0.25, 0.3) is 0 Å². The van der Waals surface area contributed by atoms with Crippen LogP contribution in [-0.2, 0) is 0 Å². The van der Waals surface area contributed by atoms with Gasteiger partial charge in [0.2, 0.25) is 0 Å². The average Bonchev–Trinajstić information content (AvgIpc) is 3.39. The van der Waals surface area contributed by atoms with Crippen LogP contribution >= 0.6 is 0 Å². The van der Waals surface area contributed by atoms with Gasteiger partial charge < -0.3 is 0 Å². The molecule has 0 aromatic heterocycles. The standard InChI is InChI=1S/C36H28/c1-19(2)21-11-13-23-25-7-5-9-27-32-18-34-30-16-22(20(3)4)12-14-24(30)26-8-6-10-28(36(26)34)31(32)17-33(35(25)27)29(23)15-21/h5-20H,1-4H3. The van der Waals surface area contributed by atoms with Gasteiger partial charge in [-0.25, -0.2) is 0 Å². The maximum atomic E-state index is 2.49. The molecule has 0 spiro atoms. The van der Waals surface area contributed by atoms with Crippen LogP contribution < -0.4 is 0 Å². The Balaban J connectivity index is 1.63. The lowest BCUT2D eigenvalue weighted by Gasteiger charge is -2.10. The summed E-state index contributed by atoms with van der Waals surface area (Å²) in [5.74, 6) is 1.04. The monoisotopic (exact) mass is 460 g/mol. The second-order valence-corrected chi connectivity index (χ2v) is 11.3. The molecule has 0 saturated heterocycles. The zero-order chi connectivity index (χ0) is 24.3. The number of rotatable bonds is 2. The first-order valence-electron chi connectivity index (χ1n) is 13.3. The SMILES string of the molecule is CC(C)c1ccc2c(c1)c1cc3c(cc4c5cc(C(C)C)ccc5c5cccc3c54)c3cccc2c31. The van der Waals surface area contributed by atoms with E-state index in [0.717, 1.165) is 0 Å². The Hall–Kier alpha value is -3.90. The minimum Gasteiger partial charge on any atom is -0.0610 e. The Morgan fingerprint density at radius 1 is 0.333 bits per heavy atom. The third-order valence-corrected chi connectivity index (χ3v) is 8.70. The predicted molar refractivity (Wildman–Crippen MR) is 160 cm³/mol. The third-order valence-electron chi connectivity index (χ3n) is 8.70. The molecule has 0 nitrogen and oxygen atoms in total. The van der Waals surface area contributed by atoms with Crippen molar-refractivity contribution in [3.05, 3.63) is 96.1 Å². The van der Waals surface area contributed by atoms with E-state index in [9.17, 15) is 0 Å². The van der Waals surface area contributed by atoms with E-state index in [1.807, 2.05) is 0 Å². The molecule has 0 atom stereocenters. The lowest BCUT2D eigenvalue weighted by molar-refractivity contribution is 0.869. The van der Waals surface area contributed by atoms with Gasteiger partial charge in [0.15, 0.2) is 0 Å². The van der Waals surface area contributed by atoms with Gasteiger partial charge in [0.1, 0.15) is 0 Å². The minimum atomic E-state index is 0.518. The Morgan fingerprint density at radius 3 is 1.08 bits per heavy atom. The lowest BCUT2D eigenvalue weighted by atomic mass is 9.93. The summed E-state index contributed by atoms with van der Waals surface area (Å²) in [6.45, 7) is 9.14. The third kappa shape index (κ3) is 2.45. The van der Waals surface area contributed by atoms with E-state index in [0.29, 0.717) is 11.8 Å². The van der Waals surface area contributed by atoms with Crippen LogP contribution in [0.5, 0.6) is 0 Å². The van der Waals surface area contributed by atoms with Crippen LogP contribution in [0.2, 0.25) is 0 Å². The van der Waals surface area contributed by atoms with E-state index in [2.05, 4.69) is 113 Å². The maximum absolute atomic E-state index is 2.49. The number of benzene rings is 6. The van der Waals surface area contributed by atoms with Gasteiger partial charge in [-0.1, -0.05) is 100 Å². The van der Waals surface area contributed by atoms with E-state index < -0.39 is 0 Å². The number of fused-ring (bicyclic) bond motifs is 9. The van der Waals surface area contributed by atoms with Crippen molar-refractivity contribution in [2.45, 2.75) is 39.5 Å². The highest BCUT2D eigenvalue weighted by atomic mass is 14.2. The first-order chi connectivity index (χ1) is 17.5. The first kappa shape index (κ1) is 20.3. The molecule has 0 bridgehead atoms. The van der Waals surface area contributed by atoms with Crippen molar-refractivity contribution in [3.8, 4) is 0 Å². The molecule has 0 amide bonds. The largest absolute Gasteiger partial charge is 0.0610 e. The summed E-state index contributed by atoms with van der Waals surface area (Å²) in [6.07, 6.45) is 0. The Morgan fingerprint density at radius 2 is 0.694 bits per heavy atom. The fraction of sp³-hybridized carbons (Fsp3) is 0.167. The van der Waals surface area contributed by atoms with Crippen molar-refractivity contribution in [1.82, 2.24) is 0 Å². The summed E-state index contributed by atoms with van der Waals surface area (Å²) in [4.78, 5) is 0. The highest BCUT2D eigenvalue weighted by Gasteiger charge is 2.19. The molecule has 0 heteroatoms. The fourth-order valence-corrected chi connectivity index (χ4v) is 6.80. The van der Waals surface area contributed by atoms with Gasteiger partial charge in [-0.15, -0.1) is 0 Å². The smallest absolute Gasteiger partial charge is 0.00199 e. The van der Waals surface area contributed by atoms with Gasteiger partial charge in [0.05, 0.1) is 0 Å². The molecule has 8 aromatic rings. The summed E-state index contributed by atoms with van der Waals surface area (Å²) < 4.78 is 0. The van der Waals surface area contributed by atoms with Crippen molar-refractivity contribution >= 4 is 75.4 Å². The van der Waals surface area contributed by atoms with Gasteiger partial charge in [0, 0.05) is 0 Å². The lowest BCUT2D eigenvalue weighted by Crippen LogP contribution is -1.85. The topological polar surface area (TPSA) is 0 Å². The number of hydrogen-bond donors (Lipinski definition) is 0. The van der Waals surface area contributed by atoms with Gasteiger partial charge in [-0.2, -0.15) is 0 Å². The van der Waals surface area contributed by atoms with E-state index >= 15 is 0 Å². The fourth-order valence-electron chi connectivity index (χ4n) is 6.80. The quantitative estimate of drug-likeness (QED) is 0.225. The van der Waals surface area contributed by atoms with Gasteiger partial charge in [-0.05, 0) is 111 Å². The zero-order valence-corrected chi connectivity index (χ0v) is 21.2. The van der Waals surface area contributed by atoms with Crippen LogP contribution in [0.1, 0.15) is 50.7 Å². The second kappa shape index (κ2) is 6.86. The summed E-state index contributed by atoms with van der Waals surface area (Å²) in [5, 5.41) is 19.4. The van der Waals surface area contributed by atoms with E-state index in [1.54, 1.807) is 0 Å². The molecule has 36 heavy (non-hydrogen) atoms. The molecule has 8 aromatic carbocycles. The van der Waals surface area contributed by atoms with Crippen LogP contribution in [-0.4, -0.2) is 0 Å². The van der Waals surface area contributed by atoms with Crippen molar-refractivity contribution in [2.75, 3.05) is 0 Å². The zero-order valence-electron chi connectivity index (χ0n) is 21.2. The van der Waals surface area contributed by atoms with Gasteiger partial charge in [-0.3, -0.25) is 0 Å². The van der Waals surface area contributed by atoms with Crippen LogP contribution in [0, 0.1) is 0 Å². The Labute approximate surface area is 210 Å². The summed E-state index contributed by atoms with van der Waals surface area (Å²) in [5.41, 5.74) is 2.82. The minimum absolute atomic E-state index is 0.518. The summed E-state index contributed by atoms with van der Waals surface area (Å²) >= 11 is 0.